The van der Waals surface area contributed by atoms with Crippen molar-refractivity contribution in [2.24, 2.45) is 5.41 Å². The van der Waals surface area contributed by atoms with Crippen LogP contribution in [-0.2, 0) is 17.9 Å². The molecule has 0 spiro atoms. The van der Waals surface area contributed by atoms with E-state index in [-0.39, 0.29) is 18.1 Å². The standard InChI is InChI=1S/C16H24N2O3/c1-2-21-10-14-5-3-13(4-6-14)9-17-15(20)18-11-16(12-19)7-8-16/h3-6,19H,2,7-12H2,1H3,(H2,17,18,20). The molecule has 0 radical (unpaired) electrons. The fraction of sp³-hybridized carbons (Fsp3) is 0.562. The average Bonchev–Trinajstić information content (AvgIpc) is 3.30. The molecule has 0 heterocycles. The summed E-state index contributed by atoms with van der Waals surface area (Å²) in [6.45, 7) is 4.48. The fourth-order valence-corrected chi connectivity index (χ4v) is 2.05. The van der Waals surface area contributed by atoms with Crippen molar-refractivity contribution in [2.75, 3.05) is 19.8 Å². The Morgan fingerprint density at radius 3 is 2.48 bits per heavy atom. The predicted molar refractivity (Wildman–Crippen MR) is 80.8 cm³/mol. The number of carbonyl (C=O) groups excluding carboxylic acids is 1. The van der Waals surface area contributed by atoms with E-state index in [1.165, 1.54) is 0 Å². The van der Waals surface area contributed by atoms with Gasteiger partial charge in [-0.2, -0.15) is 0 Å². The smallest absolute Gasteiger partial charge is 0.315 e. The Hall–Kier alpha value is -1.59. The van der Waals surface area contributed by atoms with Crippen molar-refractivity contribution in [3.8, 4) is 0 Å². The first-order valence-electron chi connectivity index (χ1n) is 7.45. The molecule has 2 amide bonds. The maximum atomic E-state index is 11.7. The van der Waals surface area contributed by atoms with Gasteiger partial charge in [0.1, 0.15) is 0 Å². The SMILES string of the molecule is CCOCc1ccc(CNC(=O)NCC2(CO)CC2)cc1. The van der Waals surface area contributed by atoms with Crippen molar-refractivity contribution in [2.45, 2.75) is 32.9 Å². The molecule has 0 aromatic heterocycles. The van der Waals surface area contributed by atoms with Crippen LogP contribution in [-0.4, -0.2) is 30.9 Å². The topological polar surface area (TPSA) is 70.6 Å². The molecule has 1 aromatic rings. The molecular formula is C16H24N2O3. The van der Waals surface area contributed by atoms with Crippen LogP contribution in [0.15, 0.2) is 24.3 Å². The molecule has 0 saturated heterocycles. The normalized spacial score (nSPS) is 15.5. The van der Waals surface area contributed by atoms with Crippen LogP contribution in [0.2, 0.25) is 0 Å². The van der Waals surface area contributed by atoms with Crippen LogP contribution in [0, 0.1) is 5.41 Å². The van der Waals surface area contributed by atoms with Crippen molar-refractivity contribution in [1.29, 1.82) is 0 Å². The quantitative estimate of drug-likeness (QED) is 0.684. The van der Waals surface area contributed by atoms with E-state index in [4.69, 9.17) is 4.74 Å². The lowest BCUT2D eigenvalue weighted by Crippen LogP contribution is -2.39. The number of hydrogen-bond donors (Lipinski definition) is 3. The van der Waals surface area contributed by atoms with E-state index >= 15 is 0 Å². The lowest BCUT2D eigenvalue weighted by molar-refractivity contribution is 0.134. The molecule has 5 nitrogen and oxygen atoms in total. The van der Waals surface area contributed by atoms with E-state index in [1.54, 1.807) is 0 Å². The maximum Gasteiger partial charge on any atom is 0.315 e. The Balaban J connectivity index is 1.68. The van der Waals surface area contributed by atoms with Crippen molar-refractivity contribution < 1.29 is 14.6 Å². The highest BCUT2D eigenvalue weighted by Gasteiger charge is 2.42. The predicted octanol–water partition coefficient (Wildman–Crippen LogP) is 1.79. The summed E-state index contributed by atoms with van der Waals surface area (Å²) in [6.07, 6.45) is 1.98. The Kier molecular flexibility index (Phi) is 5.59. The summed E-state index contributed by atoms with van der Waals surface area (Å²) in [5, 5.41) is 14.8. The van der Waals surface area contributed by atoms with Gasteiger partial charge in [-0.05, 0) is 30.9 Å². The van der Waals surface area contributed by atoms with Gasteiger partial charge in [0.2, 0.25) is 0 Å². The van der Waals surface area contributed by atoms with Crippen molar-refractivity contribution >= 4 is 6.03 Å². The highest BCUT2D eigenvalue weighted by Crippen LogP contribution is 2.44. The molecule has 2 rings (SSSR count). The fourth-order valence-electron chi connectivity index (χ4n) is 2.05. The summed E-state index contributed by atoms with van der Waals surface area (Å²) in [6, 6.07) is 7.81. The zero-order valence-corrected chi connectivity index (χ0v) is 12.5. The Bertz CT molecular complexity index is 455. The maximum absolute atomic E-state index is 11.7. The van der Waals surface area contributed by atoms with Crippen LogP contribution >= 0.6 is 0 Å². The molecule has 0 aliphatic heterocycles. The summed E-state index contributed by atoms with van der Waals surface area (Å²) >= 11 is 0. The third-order valence-electron chi connectivity index (χ3n) is 3.87. The zero-order valence-electron chi connectivity index (χ0n) is 12.5. The molecule has 0 unspecified atom stereocenters. The lowest BCUT2D eigenvalue weighted by atomic mass is 10.1. The van der Waals surface area contributed by atoms with Gasteiger partial charge in [-0.3, -0.25) is 0 Å². The number of urea groups is 1. The second-order valence-electron chi connectivity index (χ2n) is 5.65. The number of ether oxygens (including phenoxy) is 1. The lowest BCUT2D eigenvalue weighted by Gasteiger charge is -2.13. The van der Waals surface area contributed by atoms with E-state index in [0.29, 0.717) is 26.3 Å². The van der Waals surface area contributed by atoms with Gasteiger partial charge in [0, 0.05) is 25.1 Å². The number of carbonyl (C=O) groups is 1. The second kappa shape index (κ2) is 7.43. The average molecular weight is 292 g/mol. The Morgan fingerprint density at radius 1 is 1.24 bits per heavy atom. The van der Waals surface area contributed by atoms with Gasteiger partial charge in [0.05, 0.1) is 13.2 Å². The highest BCUT2D eigenvalue weighted by molar-refractivity contribution is 5.73. The van der Waals surface area contributed by atoms with E-state index < -0.39 is 0 Å². The Morgan fingerprint density at radius 2 is 1.90 bits per heavy atom. The third-order valence-corrected chi connectivity index (χ3v) is 3.87. The Labute approximate surface area is 125 Å². The van der Waals surface area contributed by atoms with Crippen molar-refractivity contribution in [3.05, 3.63) is 35.4 Å². The number of rotatable bonds is 8. The molecule has 1 aromatic carbocycles. The molecule has 1 aliphatic carbocycles. The summed E-state index contributed by atoms with van der Waals surface area (Å²) in [4.78, 5) is 11.7. The van der Waals surface area contributed by atoms with E-state index in [1.807, 2.05) is 31.2 Å². The molecular weight excluding hydrogens is 268 g/mol. The summed E-state index contributed by atoms with van der Waals surface area (Å²) in [5.41, 5.74) is 2.12. The molecule has 3 N–H and O–H groups in total. The van der Waals surface area contributed by atoms with E-state index in [9.17, 15) is 9.90 Å². The van der Waals surface area contributed by atoms with E-state index in [2.05, 4.69) is 10.6 Å². The van der Waals surface area contributed by atoms with Crippen LogP contribution in [0.5, 0.6) is 0 Å². The minimum Gasteiger partial charge on any atom is -0.396 e. The van der Waals surface area contributed by atoms with Gasteiger partial charge >= 0.3 is 6.03 Å². The van der Waals surface area contributed by atoms with Crippen LogP contribution in [0.3, 0.4) is 0 Å². The van der Waals surface area contributed by atoms with Gasteiger partial charge in [-0.1, -0.05) is 24.3 Å². The number of aliphatic hydroxyl groups is 1. The molecule has 21 heavy (non-hydrogen) atoms. The van der Waals surface area contributed by atoms with Crippen LogP contribution in [0.25, 0.3) is 0 Å². The van der Waals surface area contributed by atoms with Gasteiger partial charge in [-0.15, -0.1) is 0 Å². The first-order chi connectivity index (χ1) is 10.2. The molecule has 5 heteroatoms. The van der Waals surface area contributed by atoms with Gasteiger partial charge < -0.3 is 20.5 Å². The van der Waals surface area contributed by atoms with Crippen LogP contribution < -0.4 is 10.6 Å². The summed E-state index contributed by atoms with van der Waals surface area (Å²) < 4.78 is 5.34. The molecule has 1 fully saturated rings. The van der Waals surface area contributed by atoms with Gasteiger partial charge in [0.25, 0.3) is 0 Å². The molecule has 0 atom stereocenters. The van der Waals surface area contributed by atoms with Gasteiger partial charge in [0.15, 0.2) is 0 Å². The largest absolute Gasteiger partial charge is 0.396 e. The zero-order chi connectivity index (χ0) is 15.1. The number of nitrogens with one attached hydrogen (secondary N) is 2. The molecule has 1 saturated carbocycles. The minimum atomic E-state index is -0.187. The number of aliphatic hydroxyl groups excluding tert-OH is 1. The number of benzene rings is 1. The molecule has 0 bridgehead atoms. The summed E-state index contributed by atoms with van der Waals surface area (Å²) in [7, 11) is 0. The molecule has 1 aliphatic rings. The molecule has 116 valence electrons. The minimum absolute atomic E-state index is 0.0573. The third kappa shape index (κ3) is 5.02. The number of amides is 2. The number of hydrogen-bond acceptors (Lipinski definition) is 3. The van der Waals surface area contributed by atoms with Crippen LogP contribution in [0.1, 0.15) is 30.9 Å². The van der Waals surface area contributed by atoms with Crippen molar-refractivity contribution in [3.63, 3.8) is 0 Å². The first kappa shape index (κ1) is 15.8. The highest BCUT2D eigenvalue weighted by atomic mass is 16.5. The van der Waals surface area contributed by atoms with E-state index in [0.717, 1.165) is 24.0 Å². The van der Waals surface area contributed by atoms with Gasteiger partial charge in [-0.25, -0.2) is 4.79 Å². The monoisotopic (exact) mass is 292 g/mol. The summed E-state index contributed by atoms with van der Waals surface area (Å²) in [5.74, 6) is 0. The van der Waals surface area contributed by atoms with Crippen molar-refractivity contribution in [1.82, 2.24) is 10.6 Å². The second-order valence-corrected chi connectivity index (χ2v) is 5.65. The first-order valence-corrected chi connectivity index (χ1v) is 7.45. The van der Waals surface area contributed by atoms with Crippen LogP contribution in [0.4, 0.5) is 4.79 Å².